The molecule has 0 bridgehead atoms. The van der Waals surface area contributed by atoms with Gasteiger partial charge in [0, 0.05) is 16.6 Å². The van der Waals surface area contributed by atoms with Crippen molar-refractivity contribution in [1.82, 2.24) is 9.73 Å². The number of amides is 1. The van der Waals surface area contributed by atoms with Crippen LogP contribution in [0.5, 0.6) is 5.75 Å². The zero-order chi connectivity index (χ0) is 19.9. The molecule has 2 rings (SSSR count). The first-order valence-electron chi connectivity index (χ1n) is 8.05. The third-order valence-corrected chi connectivity index (χ3v) is 5.41. The van der Waals surface area contributed by atoms with Crippen LogP contribution in [0, 0.1) is 0 Å². The van der Waals surface area contributed by atoms with Crippen molar-refractivity contribution < 1.29 is 18.3 Å². The van der Waals surface area contributed by atoms with E-state index in [1.807, 2.05) is 30.3 Å². The number of halogens is 1. The maximum Gasteiger partial charge on any atom is 0.255 e. The number of phenols is 1. The molecule has 144 valence electrons. The van der Waals surface area contributed by atoms with E-state index in [4.69, 9.17) is 0 Å². The van der Waals surface area contributed by atoms with Crippen molar-refractivity contribution in [2.45, 2.75) is 6.42 Å². The molecule has 9 heteroatoms. The molecule has 0 unspecified atom stereocenters. The van der Waals surface area contributed by atoms with E-state index in [0.29, 0.717) is 12.0 Å². The lowest BCUT2D eigenvalue weighted by molar-refractivity contribution is -0.121. The maximum absolute atomic E-state index is 12.1. The Bertz CT molecular complexity index is 917. The first-order valence-corrected chi connectivity index (χ1v) is 10.7. The number of rotatable bonds is 8. The van der Waals surface area contributed by atoms with Gasteiger partial charge in [-0.1, -0.05) is 46.3 Å². The van der Waals surface area contributed by atoms with Crippen LogP contribution in [0.3, 0.4) is 0 Å². The number of hydrogen-bond donors (Lipinski definition) is 2. The molecule has 0 aliphatic rings. The fourth-order valence-electron chi connectivity index (χ4n) is 2.26. The minimum atomic E-state index is -3.55. The van der Waals surface area contributed by atoms with Crippen molar-refractivity contribution in [2.75, 3.05) is 19.3 Å². The number of aromatic hydroxyl groups is 1. The number of phenolic OH excluding ortho intramolecular Hbond substituents is 1. The normalized spacial score (nSPS) is 11.8. The Morgan fingerprint density at radius 2 is 1.96 bits per heavy atom. The van der Waals surface area contributed by atoms with Crippen LogP contribution in [0.25, 0.3) is 0 Å². The van der Waals surface area contributed by atoms with Crippen LogP contribution >= 0.6 is 15.9 Å². The summed E-state index contributed by atoms with van der Waals surface area (Å²) in [5.41, 5.74) is 3.67. The molecule has 2 aromatic carbocycles. The third kappa shape index (κ3) is 7.12. The van der Waals surface area contributed by atoms with Gasteiger partial charge in [0.15, 0.2) is 0 Å². The molecule has 0 spiro atoms. The molecule has 2 N–H and O–H groups in total. The topological polar surface area (TPSA) is 99.1 Å². The Morgan fingerprint density at radius 1 is 1.26 bits per heavy atom. The van der Waals surface area contributed by atoms with Crippen LogP contribution in [0.2, 0.25) is 0 Å². The second-order valence-corrected chi connectivity index (χ2v) is 8.73. The average molecular weight is 454 g/mol. The van der Waals surface area contributed by atoms with Crippen molar-refractivity contribution in [2.24, 2.45) is 5.10 Å². The highest BCUT2D eigenvalue weighted by molar-refractivity contribution is 9.10. The van der Waals surface area contributed by atoms with E-state index < -0.39 is 15.9 Å². The van der Waals surface area contributed by atoms with Crippen LogP contribution in [0.4, 0.5) is 0 Å². The molecule has 0 saturated heterocycles. The molecular formula is C18H20BrN3O4S. The largest absolute Gasteiger partial charge is 0.507 e. The van der Waals surface area contributed by atoms with E-state index >= 15 is 0 Å². The summed E-state index contributed by atoms with van der Waals surface area (Å²) < 4.78 is 25.7. The van der Waals surface area contributed by atoms with E-state index in [-0.39, 0.29) is 18.8 Å². The van der Waals surface area contributed by atoms with Gasteiger partial charge in [-0.2, -0.15) is 9.41 Å². The van der Waals surface area contributed by atoms with Gasteiger partial charge in [0.25, 0.3) is 5.91 Å². The molecule has 0 fully saturated rings. The quantitative estimate of drug-likeness (QED) is 0.472. The first-order chi connectivity index (χ1) is 12.8. The van der Waals surface area contributed by atoms with Gasteiger partial charge in [-0.05, 0) is 30.2 Å². The predicted molar refractivity (Wildman–Crippen MR) is 108 cm³/mol. The zero-order valence-corrected chi connectivity index (χ0v) is 17.1. The number of nitrogens with one attached hydrogen (secondary N) is 1. The highest BCUT2D eigenvalue weighted by Crippen LogP contribution is 2.19. The Labute approximate surface area is 166 Å². The number of hydrogen-bond acceptors (Lipinski definition) is 5. The van der Waals surface area contributed by atoms with Gasteiger partial charge in [0.2, 0.25) is 10.0 Å². The van der Waals surface area contributed by atoms with Gasteiger partial charge >= 0.3 is 0 Å². The summed E-state index contributed by atoms with van der Waals surface area (Å²) in [6, 6.07) is 14.2. The molecule has 27 heavy (non-hydrogen) atoms. The monoisotopic (exact) mass is 453 g/mol. The van der Waals surface area contributed by atoms with E-state index in [1.54, 1.807) is 12.1 Å². The van der Waals surface area contributed by atoms with Crippen LogP contribution in [-0.4, -0.2) is 49.3 Å². The fraction of sp³-hybridized carbons (Fsp3) is 0.222. The Balaban J connectivity index is 1.95. The minimum absolute atomic E-state index is 0.0109. The Hall–Kier alpha value is -2.23. The van der Waals surface area contributed by atoms with E-state index in [0.717, 1.165) is 20.6 Å². The number of benzene rings is 2. The van der Waals surface area contributed by atoms with Crippen molar-refractivity contribution in [3.05, 3.63) is 64.1 Å². The molecule has 0 aliphatic heterocycles. The van der Waals surface area contributed by atoms with Gasteiger partial charge in [-0.15, -0.1) is 0 Å². The van der Waals surface area contributed by atoms with Crippen molar-refractivity contribution >= 4 is 38.1 Å². The molecule has 0 aromatic heterocycles. The summed E-state index contributed by atoms with van der Waals surface area (Å²) in [6.07, 6.45) is 2.84. The van der Waals surface area contributed by atoms with Crippen LogP contribution in [0.15, 0.2) is 58.1 Å². The number of nitrogens with zero attached hydrogens (tertiary/aromatic N) is 2. The first kappa shape index (κ1) is 21.1. The molecule has 0 radical (unpaired) electrons. The second-order valence-electron chi connectivity index (χ2n) is 5.83. The van der Waals surface area contributed by atoms with Crippen molar-refractivity contribution in [3.8, 4) is 5.75 Å². The van der Waals surface area contributed by atoms with Gasteiger partial charge < -0.3 is 5.11 Å². The molecular weight excluding hydrogens is 434 g/mol. The highest BCUT2D eigenvalue weighted by Gasteiger charge is 2.19. The van der Waals surface area contributed by atoms with Gasteiger partial charge in [0.1, 0.15) is 5.75 Å². The average Bonchev–Trinajstić information content (AvgIpc) is 2.61. The molecule has 0 atom stereocenters. The summed E-state index contributed by atoms with van der Waals surface area (Å²) in [4.78, 5) is 12.1. The molecule has 1 amide bonds. The zero-order valence-electron chi connectivity index (χ0n) is 14.7. The lowest BCUT2D eigenvalue weighted by atomic mass is 10.1. The van der Waals surface area contributed by atoms with Gasteiger partial charge in [0.05, 0.1) is 19.0 Å². The third-order valence-electron chi connectivity index (χ3n) is 3.66. The SMILES string of the molecule is CS(=O)(=O)N(CCc1ccccc1)CC(=O)NN=Cc1cc(Br)ccc1O. The van der Waals surface area contributed by atoms with E-state index in [2.05, 4.69) is 26.5 Å². The van der Waals surface area contributed by atoms with Crippen LogP contribution in [0.1, 0.15) is 11.1 Å². The van der Waals surface area contributed by atoms with E-state index in [1.165, 1.54) is 12.3 Å². The maximum atomic E-state index is 12.1. The molecule has 0 saturated carbocycles. The predicted octanol–water partition coefficient (Wildman–Crippen LogP) is 2.11. The highest BCUT2D eigenvalue weighted by atomic mass is 79.9. The number of carbonyl (C=O) groups excluding carboxylic acids is 1. The summed E-state index contributed by atoms with van der Waals surface area (Å²) >= 11 is 3.27. The van der Waals surface area contributed by atoms with Crippen LogP contribution in [-0.2, 0) is 21.2 Å². The standard InChI is InChI=1S/C18H20BrN3O4S/c1-27(25,26)22(10-9-14-5-3-2-4-6-14)13-18(24)21-20-12-15-11-16(19)7-8-17(15)23/h2-8,11-12,23H,9-10,13H2,1H3,(H,21,24). The summed E-state index contributed by atoms with van der Waals surface area (Å²) in [5, 5.41) is 13.5. The Morgan fingerprint density at radius 3 is 2.63 bits per heavy atom. The number of sulfonamides is 1. The summed E-state index contributed by atoms with van der Waals surface area (Å²) in [7, 11) is -3.55. The minimum Gasteiger partial charge on any atom is -0.507 e. The van der Waals surface area contributed by atoms with Gasteiger partial charge in [-0.3, -0.25) is 4.79 Å². The smallest absolute Gasteiger partial charge is 0.255 e. The molecule has 2 aromatic rings. The lowest BCUT2D eigenvalue weighted by Crippen LogP contribution is -2.40. The summed E-state index contributed by atoms with van der Waals surface area (Å²) in [5.74, 6) is -0.559. The van der Waals surface area contributed by atoms with E-state index in [9.17, 15) is 18.3 Å². The number of hydrazone groups is 1. The van der Waals surface area contributed by atoms with Crippen LogP contribution < -0.4 is 5.43 Å². The lowest BCUT2D eigenvalue weighted by Gasteiger charge is -2.18. The Kier molecular flexibility index (Phi) is 7.52. The van der Waals surface area contributed by atoms with Crippen molar-refractivity contribution in [3.63, 3.8) is 0 Å². The fourth-order valence-corrected chi connectivity index (χ4v) is 3.41. The molecule has 0 aliphatic carbocycles. The number of carbonyl (C=O) groups is 1. The summed E-state index contributed by atoms with van der Waals surface area (Å²) in [6.45, 7) is -0.153. The molecule has 0 heterocycles. The van der Waals surface area contributed by atoms with Gasteiger partial charge in [-0.25, -0.2) is 13.8 Å². The molecule has 7 nitrogen and oxygen atoms in total. The van der Waals surface area contributed by atoms with Crippen molar-refractivity contribution in [1.29, 1.82) is 0 Å². The second kappa shape index (κ2) is 9.63.